The molecule has 0 unspecified atom stereocenters. The Hall–Kier alpha value is -2.15. The van der Waals surface area contributed by atoms with Crippen LogP contribution in [0.1, 0.15) is 58.7 Å². The lowest BCUT2D eigenvalue weighted by Crippen LogP contribution is -2.49. The second-order valence-corrected chi connectivity index (χ2v) is 7.13. The molecule has 6 nitrogen and oxygen atoms in total. The van der Waals surface area contributed by atoms with Crippen molar-refractivity contribution in [1.29, 1.82) is 0 Å². The minimum atomic E-state index is -0.163. The lowest BCUT2D eigenvalue weighted by molar-refractivity contribution is 0.0647. The van der Waals surface area contributed by atoms with E-state index < -0.39 is 0 Å². The Kier molecular flexibility index (Phi) is 4.99. The van der Waals surface area contributed by atoms with Gasteiger partial charge in [-0.3, -0.25) is 9.59 Å². The van der Waals surface area contributed by atoms with Gasteiger partial charge in [0.15, 0.2) is 10.8 Å². The van der Waals surface area contributed by atoms with Crippen LogP contribution in [0.15, 0.2) is 28.2 Å². The van der Waals surface area contributed by atoms with Crippen LogP contribution in [0.4, 0.5) is 0 Å². The molecule has 24 heavy (non-hydrogen) atoms. The Morgan fingerprint density at radius 3 is 2.96 bits per heavy atom. The summed E-state index contributed by atoms with van der Waals surface area (Å²) in [5.74, 6) is 0.349. The number of hydrogen-bond donors (Lipinski definition) is 1. The summed E-state index contributed by atoms with van der Waals surface area (Å²) in [7, 11) is 0. The van der Waals surface area contributed by atoms with E-state index in [4.69, 9.17) is 4.42 Å². The number of aromatic nitrogens is 1. The first kappa shape index (κ1) is 16.7. The van der Waals surface area contributed by atoms with E-state index in [2.05, 4.69) is 24.1 Å². The zero-order chi connectivity index (χ0) is 17.1. The minimum absolute atomic E-state index is 0.0587. The first-order valence-corrected chi connectivity index (χ1v) is 9.01. The number of carbonyl (C=O) groups is 2. The smallest absolute Gasteiger partial charge is 0.289 e. The van der Waals surface area contributed by atoms with Crippen LogP contribution in [-0.2, 0) is 0 Å². The van der Waals surface area contributed by atoms with Crippen LogP contribution in [-0.4, -0.2) is 40.8 Å². The Balaban J connectivity index is 1.60. The van der Waals surface area contributed by atoms with Gasteiger partial charge in [0, 0.05) is 24.5 Å². The van der Waals surface area contributed by atoms with Gasteiger partial charge in [-0.1, -0.05) is 13.8 Å². The molecule has 2 aromatic rings. The maximum Gasteiger partial charge on any atom is 0.289 e. The van der Waals surface area contributed by atoms with Crippen LogP contribution in [0.3, 0.4) is 0 Å². The molecule has 0 radical (unpaired) electrons. The van der Waals surface area contributed by atoms with Crippen LogP contribution in [0.25, 0.3) is 0 Å². The summed E-state index contributed by atoms with van der Waals surface area (Å²) in [6, 6.07) is 3.30. The van der Waals surface area contributed by atoms with Gasteiger partial charge < -0.3 is 14.6 Å². The summed E-state index contributed by atoms with van der Waals surface area (Å²) >= 11 is 1.36. The molecule has 0 saturated carbocycles. The van der Waals surface area contributed by atoms with Crippen molar-refractivity contribution in [1.82, 2.24) is 15.2 Å². The van der Waals surface area contributed by atoms with Crippen molar-refractivity contribution in [3.63, 3.8) is 0 Å². The predicted molar refractivity (Wildman–Crippen MR) is 91.3 cm³/mol. The van der Waals surface area contributed by atoms with Crippen LogP contribution in [0, 0.1) is 0 Å². The van der Waals surface area contributed by atoms with E-state index in [-0.39, 0.29) is 17.9 Å². The SMILES string of the molecule is CC(C)c1csc(C(=O)N[C@@H]2CCCN(C(=O)c3ccco3)C2)n1. The molecule has 128 valence electrons. The normalized spacial score (nSPS) is 18.0. The molecule has 2 amide bonds. The molecule has 2 aromatic heterocycles. The van der Waals surface area contributed by atoms with E-state index in [1.165, 1.54) is 17.6 Å². The Morgan fingerprint density at radius 1 is 1.46 bits per heavy atom. The number of furan rings is 1. The first-order chi connectivity index (χ1) is 11.5. The predicted octanol–water partition coefficient (Wildman–Crippen LogP) is 2.89. The van der Waals surface area contributed by atoms with E-state index in [0.717, 1.165) is 18.5 Å². The van der Waals surface area contributed by atoms with Crippen molar-refractivity contribution in [2.75, 3.05) is 13.1 Å². The molecule has 0 aromatic carbocycles. The molecule has 1 N–H and O–H groups in total. The van der Waals surface area contributed by atoms with Crippen LogP contribution in [0.2, 0.25) is 0 Å². The molecule has 1 fully saturated rings. The van der Waals surface area contributed by atoms with Gasteiger partial charge in [0.25, 0.3) is 11.8 Å². The van der Waals surface area contributed by atoms with Crippen LogP contribution >= 0.6 is 11.3 Å². The largest absolute Gasteiger partial charge is 0.459 e. The number of thiazole rings is 1. The lowest BCUT2D eigenvalue weighted by atomic mass is 10.1. The summed E-state index contributed by atoms with van der Waals surface area (Å²) < 4.78 is 5.17. The highest BCUT2D eigenvalue weighted by molar-refractivity contribution is 7.11. The number of rotatable bonds is 4. The number of nitrogens with one attached hydrogen (secondary N) is 1. The third-order valence-electron chi connectivity index (χ3n) is 4.08. The van der Waals surface area contributed by atoms with Gasteiger partial charge in [-0.2, -0.15) is 0 Å². The number of nitrogens with zero attached hydrogens (tertiary/aromatic N) is 2. The van der Waals surface area contributed by atoms with E-state index in [0.29, 0.717) is 29.8 Å². The van der Waals surface area contributed by atoms with Crippen molar-refractivity contribution < 1.29 is 14.0 Å². The van der Waals surface area contributed by atoms with Crippen LogP contribution in [0.5, 0.6) is 0 Å². The Morgan fingerprint density at radius 2 is 2.29 bits per heavy atom. The molecule has 3 rings (SSSR count). The number of likely N-dealkylation sites (tertiary alicyclic amines) is 1. The van der Waals surface area contributed by atoms with Gasteiger partial charge in [0.05, 0.1) is 12.0 Å². The molecular formula is C17H21N3O3S. The number of hydrogen-bond acceptors (Lipinski definition) is 5. The first-order valence-electron chi connectivity index (χ1n) is 8.13. The van der Waals surface area contributed by atoms with Crippen molar-refractivity contribution in [3.05, 3.63) is 40.2 Å². The zero-order valence-electron chi connectivity index (χ0n) is 13.8. The second kappa shape index (κ2) is 7.17. The molecule has 1 aliphatic heterocycles. The fourth-order valence-electron chi connectivity index (χ4n) is 2.74. The molecule has 1 aliphatic rings. The van der Waals surface area contributed by atoms with Gasteiger partial charge >= 0.3 is 0 Å². The number of carbonyl (C=O) groups excluding carboxylic acids is 2. The molecule has 1 atom stereocenters. The van der Waals surface area contributed by atoms with Gasteiger partial charge in [-0.05, 0) is 30.9 Å². The molecule has 0 aliphatic carbocycles. The summed E-state index contributed by atoms with van der Waals surface area (Å²) in [5, 5.41) is 5.41. The highest BCUT2D eigenvalue weighted by atomic mass is 32.1. The van der Waals surface area contributed by atoms with Crippen molar-refractivity contribution in [3.8, 4) is 0 Å². The second-order valence-electron chi connectivity index (χ2n) is 6.27. The van der Waals surface area contributed by atoms with E-state index in [1.807, 2.05) is 5.38 Å². The average molecular weight is 347 g/mol. The summed E-state index contributed by atoms with van der Waals surface area (Å²) in [4.78, 5) is 30.8. The zero-order valence-corrected chi connectivity index (χ0v) is 14.6. The summed E-state index contributed by atoms with van der Waals surface area (Å²) in [6.07, 6.45) is 3.20. The van der Waals surface area contributed by atoms with Crippen LogP contribution < -0.4 is 5.32 Å². The third kappa shape index (κ3) is 3.67. The molecular weight excluding hydrogens is 326 g/mol. The minimum Gasteiger partial charge on any atom is -0.459 e. The molecule has 3 heterocycles. The van der Waals surface area contributed by atoms with Gasteiger partial charge in [0.1, 0.15) is 0 Å². The van der Waals surface area contributed by atoms with Crippen molar-refractivity contribution >= 4 is 23.2 Å². The van der Waals surface area contributed by atoms with Gasteiger partial charge in [0.2, 0.25) is 0 Å². The van der Waals surface area contributed by atoms with E-state index >= 15 is 0 Å². The summed E-state index contributed by atoms with van der Waals surface area (Å²) in [6.45, 7) is 5.28. The monoisotopic (exact) mass is 347 g/mol. The van der Waals surface area contributed by atoms with E-state index in [9.17, 15) is 9.59 Å². The molecule has 0 bridgehead atoms. The lowest BCUT2D eigenvalue weighted by Gasteiger charge is -2.32. The van der Waals surface area contributed by atoms with Crippen molar-refractivity contribution in [2.45, 2.75) is 38.6 Å². The standard InChI is InChI=1S/C17H21N3O3S/c1-11(2)13-10-24-16(19-13)15(21)18-12-5-3-7-20(9-12)17(22)14-6-4-8-23-14/h4,6,8,10-12H,3,5,7,9H2,1-2H3,(H,18,21)/t12-/m1/s1. The topological polar surface area (TPSA) is 75.4 Å². The van der Waals surface area contributed by atoms with Gasteiger partial charge in [-0.25, -0.2) is 4.98 Å². The fraction of sp³-hybridized carbons (Fsp3) is 0.471. The highest BCUT2D eigenvalue weighted by Gasteiger charge is 2.27. The number of amides is 2. The van der Waals surface area contributed by atoms with Crippen molar-refractivity contribution in [2.24, 2.45) is 0 Å². The number of piperidine rings is 1. The maximum absolute atomic E-state index is 12.4. The Labute approximate surface area is 144 Å². The summed E-state index contributed by atoms with van der Waals surface area (Å²) in [5.41, 5.74) is 0.934. The highest BCUT2D eigenvalue weighted by Crippen LogP contribution is 2.19. The molecule has 7 heteroatoms. The van der Waals surface area contributed by atoms with Gasteiger partial charge in [-0.15, -0.1) is 11.3 Å². The Bertz CT molecular complexity index is 708. The fourth-order valence-corrected chi connectivity index (χ4v) is 3.62. The third-order valence-corrected chi connectivity index (χ3v) is 4.94. The quantitative estimate of drug-likeness (QED) is 0.923. The van der Waals surface area contributed by atoms with E-state index in [1.54, 1.807) is 17.0 Å². The average Bonchev–Trinajstić information content (AvgIpc) is 3.26. The molecule has 0 spiro atoms. The molecule has 1 saturated heterocycles. The maximum atomic E-state index is 12.4.